The van der Waals surface area contributed by atoms with E-state index in [9.17, 15) is 14.4 Å². The predicted octanol–water partition coefficient (Wildman–Crippen LogP) is -2.17. The molecule has 0 saturated carbocycles. The Hall–Kier alpha value is -1.67. The Balaban J connectivity index is 3.94. The van der Waals surface area contributed by atoms with Crippen molar-refractivity contribution >= 4 is 17.8 Å². The minimum Gasteiger partial charge on any atom is -0.479 e. The van der Waals surface area contributed by atoms with E-state index in [1.54, 1.807) is 6.92 Å². The second kappa shape index (κ2) is 7.58. The molecule has 0 aliphatic carbocycles. The first-order valence-electron chi connectivity index (χ1n) is 5.01. The molecule has 5 N–H and O–H groups in total. The number of esters is 1. The quantitative estimate of drug-likeness (QED) is 0.297. The molecule has 8 heteroatoms. The van der Waals surface area contributed by atoms with Crippen LogP contribution in [-0.4, -0.2) is 53.4 Å². The number of rotatable bonds is 7. The Kier molecular flexibility index (Phi) is 6.83. The van der Waals surface area contributed by atoms with Crippen molar-refractivity contribution in [3.05, 3.63) is 0 Å². The van der Waals surface area contributed by atoms with E-state index in [0.717, 1.165) is 0 Å². The van der Waals surface area contributed by atoms with E-state index in [0.29, 0.717) is 0 Å². The van der Waals surface area contributed by atoms with Gasteiger partial charge in [-0.25, -0.2) is 9.59 Å². The molecule has 17 heavy (non-hydrogen) atoms. The molecule has 0 aliphatic rings. The van der Waals surface area contributed by atoms with Crippen molar-refractivity contribution in [3.63, 3.8) is 0 Å². The summed E-state index contributed by atoms with van der Waals surface area (Å²) in [4.78, 5) is 32.5. The maximum absolute atomic E-state index is 11.2. The van der Waals surface area contributed by atoms with Crippen molar-refractivity contribution in [3.8, 4) is 0 Å². The molecule has 1 amide bonds. The summed E-state index contributed by atoms with van der Waals surface area (Å²) < 4.78 is 4.52. The van der Waals surface area contributed by atoms with E-state index in [1.807, 2.05) is 0 Å². The first kappa shape index (κ1) is 15.3. The molecule has 0 aromatic rings. The second-order valence-electron chi connectivity index (χ2n) is 3.16. The van der Waals surface area contributed by atoms with E-state index in [1.165, 1.54) is 0 Å². The summed E-state index contributed by atoms with van der Waals surface area (Å²) in [6, 6.07) is -1.45. The van der Waals surface area contributed by atoms with Crippen LogP contribution < -0.4 is 11.1 Å². The van der Waals surface area contributed by atoms with Crippen molar-refractivity contribution in [1.29, 1.82) is 0 Å². The lowest BCUT2D eigenvalue weighted by molar-refractivity contribution is -0.149. The van der Waals surface area contributed by atoms with Crippen LogP contribution in [-0.2, 0) is 19.1 Å². The van der Waals surface area contributed by atoms with Crippen LogP contribution in [0.4, 0.5) is 0 Å². The lowest BCUT2D eigenvalue weighted by Crippen LogP contribution is -2.47. The number of amides is 1. The predicted molar refractivity (Wildman–Crippen MR) is 55.9 cm³/mol. The van der Waals surface area contributed by atoms with Gasteiger partial charge in [0.15, 0.2) is 12.1 Å². The third kappa shape index (κ3) is 5.83. The molecule has 0 saturated heterocycles. The summed E-state index contributed by atoms with van der Waals surface area (Å²) in [5.74, 6) is -3.02. The van der Waals surface area contributed by atoms with Gasteiger partial charge in [0, 0.05) is 13.0 Å². The fourth-order valence-electron chi connectivity index (χ4n) is 0.905. The number of carboxylic acids is 1. The number of hydrogen-bond acceptors (Lipinski definition) is 6. The zero-order valence-electron chi connectivity index (χ0n) is 9.38. The standard InChI is InChI=1S/C9H16N2O6/c1-2-17-9(16)6(10)7(13)11-4-3-5(12)8(14)15/h5-6,12H,2-4,10H2,1H3,(H,11,13)(H,14,15). The van der Waals surface area contributed by atoms with Gasteiger partial charge in [0.05, 0.1) is 6.61 Å². The van der Waals surface area contributed by atoms with Gasteiger partial charge < -0.3 is 26.0 Å². The Morgan fingerprint density at radius 2 is 2.00 bits per heavy atom. The number of ether oxygens (including phenoxy) is 1. The summed E-state index contributed by atoms with van der Waals surface area (Å²) in [5.41, 5.74) is 5.26. The number of aliphatic hydroxyl groups excluding tert-OH is 1. The largest absolute Gasteiger partial charge is 0.479 e. The topological polar surface area (TPSA) is 139 Å². The van der Waals surface area contributed by atoms with Crippen LogP contribution in [0, 0.1) is 0 Å². The number of aliphatic carboxylic acids is 1. The average Bonchev–Trinajstić information content (AvgIpc) is 2.27. The zero-order chi connectivity index (χ0) is 13.4. The Morgan fingerprint density at radius 1 is 1.41 bits per heavy atom. The summed E-state index contributed by atoms with van der Waals surface area (Å²) in [5, 5.41) is 19.5. The van der Waals surface area contributed by atoms with Crippen LogP contribution in [0.3, 0.4) is 0 Å². The average molecular weight is 248 g/mol. The fraction of sp³-hybridized carbons (Fsp3) is 0.667. The maximum Gasteiger partial charge on any atom is 0.332 e. The Morgan fingerprint density at radius 3 is 2.47 bits per heavy atom. The van der Waals surface area contributed by atoms with Crippen molar-refractivity contribution in [1.82, 2.24) is 5.32 Å². The summed E-state index contributed by atoms with van der Waals surface area (Å²) in [7, 11) is 0. The van der Waals surface area contributed by atoms with Gasteiger partial charge in [-0.1, -0.05) is 0 Å². The molecule has 0 spiro atoms. The molecule has 98 valence electrons. The highest BCUT2D eigenvalue weighted by Crippen LogP contribution is 1.91. The lowest BCUT2D eigenvalue weighted by atomic mass is 10.2. The van der Waals surface area contributed by atoms with E-state index in [2.05, 4.69) is 10.1 Å². The minimum absolute atomic E-state index is 0.0978. The summed E-state index contributed by atoms with van der Waals surface area (Å²) in [6.07, 6.45) is -1.73. The highest BCUT2D eigenvalue weighted by atomic mass is 16.5. The number of carboxylic acid groups (broad SMARTS) is 1. The van der Waals surface area contributed by atoms with Gasteiger partial charge in [-0.3, -0.25) is 4.79 Å². The molecule has 0 aromatic heterocycles. The maximum atomic E-state index is 11.2. The van der Waals surface area contributed by atoms with Gasteiger partial charge in [0.25, 0.3) is 0 Å². The monoisotopic (exact) mass is 248 g/mol. The number of nitrogens with two attached hydrogens (primary N) is 1. The van der Waals surface area contributed by atoms with Gasteiger partial charge in [-0.05, 0) is 6.92 Å². The molecule has 0 aromatic carbocycles. The smallest absolute Gasteiger partial charge is 0.332 e. The molecular weight excluding hydrogens is 232 g/mol. The number of carbonyl (C=O) groups excluding carboxylic acids is 2. The van der Waals surface area contributed by atoms with Crippen molar-refractivity contribution in [2.75, 3.05) is 13.2 Å². The molecule has 0 radical (unpaired) electrons. The van der Waals surface area contributed by atoms with Gasteiger partial charge in [-0.15, -0.1) is 0 Å². The van der Waals surface area contributed by atoms with Gasteiger partial charge in [-0.2, -0.15) is 0 Å². The Bertz CT molecular complexity index is 293. The number of hydrogen-bond donors (Lipinski definition) is 4. The Labute approximate surface area is 97.7 Å². The highest BCUT2D eigenvalue weighted by molar-refractivity contribution is 6.01. The first-order valence-corrected chi connectivity index (χ1v) is 5.01. The molecule has 8 nitrogen and oxygen atoms in total. The molecular formula is C9H16N2O6. The van der Waals surface area contributed by atoms with Gasteiger partial charge >= 0.3 is 11.9 Å². The van der Waals surface area contributed by atoms with E-state index in [-0.39, 0.29) is 19.6 Å². The SMILES string of the molecule is CCOC(=O)C(N)C(=O)NCCC(O)C(=O)O. The summed E-state index contributed by atoms with van der Waals surface area (Å²) in [6.45, 7) is 1.59. The van der Waals surface area contributed by atoms with Crippen LogP contribution >= 0.6 is 0 Å². The minimum atomic E-state index is -1.56. The molecule has 0 rings (SSSR count). The van der Waals surface area contributed by atoms with Crippen molar-refractivity contribution < 1.29 is 29.3 Å². The first-order chi connectivity index (χ1) is 7.90. The van der Waals surface area contributed by atoms with Crippen LogP contribution in [0.15, 0.2) is 0 Å². The van der Waals surface area contributed by atoms with E-state index in [4.69, 9.17) is 15.9 Å². The number of carbonyl (C=O) groups is 3. The van der Waals surface area contributed by atoms with Crippen LogP contribution in [0.5, 0.6) is 0 Å². The molecule has 0 heterocycles. The molecule has 0 aliphatic heterocycles. The highest BCUT2D eigenvalue weighted by Gasteiger charge is 2.23. The molecule has 2 unspecified atom stereocenters. The second-order valence-corrected chi connectivity index (χ2v) is 3.16. The van der Waals surface area contributed by atoms with Crippen molar-refractivity contribution in [2.45, 2.75) is 25.5 Å². The van der Waals surface area contributed by atoms with Crippen LogP contribution in [0.1, 0.15) is 13.3 Å². The third-order valence-electron chi connectivity index (χ3n) is 1.83. The van der Waals surface area contributed by atoms with Crippen molar-refractivity contribution in [2.24, 2.45) is 5.73 Å². The zero-order valence-corrected chi connectivity index (χ0v) is 9.38. The molecule has 0 fully saturated rings. The van der Waals surface area contributed by atoms with Gasteiger partial charge in [0.2, 0.25) is 5.91 Å². The van der Waals surface area contributed by atoms with Gasteiger partial charge in [0.1, 0.15) is 0 Å². The number of nitrogens with one attached hydrogen (secondary N) is 1. The summed E-state index contributed by atoms with van der Waals surface area (Å²) >= 11 is 0. The number of aliphatic hydroxyl groups is 1. The molecule has 2 atom stereocenters. The van der Waals surface area contributed by atoms with E-state index >= 15 is 0 Å². The normalized spacial score (nSPS) is 13.6. The van der Waals surface area contributed by atoms with E-state index < -0.39 is 30.0 Å². The van der Waals surface area contributed by atoms with Crippen LogP contribution in [0.2, 0.25) is 0 Å². The lowest BCUT2D eigenvalue weighted by Gasteiger charge is -2.11. The fourth-order valence-corrected chi connectivity index (χ4v) is 0.905. The molecule has 0 bridgehead atoms. The third-order valence-corrected chi connectivity index (χ3v) is 1.83. The van der Waals surface area contributed by atoms with Crippen LogP contribution in [0.25, 0.3) is 0 Å².